The average molecular weight is 434 g/mol. The normalized spacial score (nSPS) is 12.4. The number of aromatic hydroxyl groups is 1. The van der Waals surface area contributed by atoms with E-state index < -0.39 is 0 Å². The maximum Gasteiger partial charge on any atom is 0.222 e. The van der Waals surface area contributed by atoms with Crippen LogP contribution >= 0.6 is 0 Å². The molecule has 0 saturated heterocycles. The molecule has 1 amide bonds. The average Bonchev–Trinajstić information content (AvgIpc) is 3.10. The van der Waals surface area contributed by atoms with Crippen molar-refractivity contribution < 1.29 is 31.9 Å². The molecule has 30 heavy (non-hydrogen) atoms. The molecule has 1 aromatic heterocycles. The van der Waals surface area contributed by atoms with Crippen LogP contribution in [-0.2, 0) is 4.79 Å². The van der Waals surface area contributed by atoms with E-state index in [4.69, 9.17) is 5.11 Å². The van der Waals surface area contributed by atoms with Crippen LogP contribution in [-0.4, -0.2) is 75.9 Å². The molecule has 3 rings (SSSR count). The first-order valence-corrected chi connectivity index (χ1v) is 9.68. The number of nitrogens with one attached hydrogen (secondary N) is 1. The lowest BCUT2D eigenvalue weighted by atomic mass is 10.0. The van der Waals surface area contributed by atoms with Crippen molar-refractivity contribution in [1.29, 1.82) is 0 Å². The van der Waals surface area contributed by atoms with Gasteiger partial charge in [0, 0.05) is 0 Å². The Hall–Kier alpha value is -2.68. The number of aromatic nitrogens is 3. The number of benzene rings is 2. The Morgan fingerprint density at radius 3 is 2.23 bits per heavy atom. The van der Waals surface area contributed by atoms with Gasteiger partial charge < -0.3 is 32.4 Å². The van der Waals surface area contributed by atoms with Crippen LogP contribution in [0.2, 0.25) is 0 Å². The summed E-state index contributed by atoms with van der Waals surface area (Å²) in [5, 5.41) is 30.8. The van der Waals surface area contributed by atoms with E-state index in [1.807, 2.05) is 38.4 Å². The Labute approximate surface area is 182 Å². The number of aliphatic hydroxyl groups excluding tert-OH is 1. The van der Waals surface area contributed by atoms with E-state index in [-0.39, 0.29) is 43.1 Å². The zero-order valence-electron chi connectivity index (χ0n) is 17.2. The minimum absolute atomic E-state index is 0. The summed E-state index contributed by atoms with van der Waals surface area (Å²) in [5.41, 5.74) is 2.37. The van der Waals surface area contributed by atoms with E-state index in [0.717, 1.165) is 23.1 Å². The van der Waals surface area contributed by atoms with Crippen LogP contribution in [0.1, 0.15) is 18.0 Å². The molecule has 0 fully saturated rings. The predicted octanol–water partition coefficient (Wildman–Crippen LogP) is -1.69. The number of hydrogen-bond donors (Lipinski definition) is 3. The number of aliphatic hydroxyl groups is 1. The van der Waals surface area contributed by atoms with E-state index >= 15 is 0 Å². The van der Waals surface area contributed by atoms with Gasteiger partial charge in [0.25, 0.3) is 0 Å². The third-order valence-corrected chi connectivity index (χ3v) is 4.98. The Morgan fingerprint density at radius 2 is 1.67 bits per heavy atom. The number of hydrogen-bond acceptors (Lipinski definition) is 5. The SMILES string of the molecule is C[N+](C)(CCO)CCNC(=O)CC(c1ccc(O)cc1)n1nc2ccccc2n1.[Cl-]. The van der Waals surface area contributed by atoms with E-state index in [2.05, 4.69) is 15.5 Å². The molecular weight excluding hydrogens is 406 g/mol. The number of nitrogens with zero attached hydrogens (tertiary/aromatic N) is 4. The second-order valence-corrected chi connectivity index (χ2v) is 7.78. The molecule has 1 atom stereocenters. The van der Waals surface area contributed by atoms with Gasteiger partial charge in [-0.1, -0.05) is 24.3 Å². The van der Waals surface area contributed by atoms with Crippen molar-refractivity contribution in [2.75, 3.05) is 40.3 Å². The number of phenolic OH excluding ortho intramolecular Hbond substituents is 1. The largest absolute Gasteiger partial charge is 1.00 e. The van der Waals surface area contributed by atoms with Crippen LogP contribution in [0.25, 0.3) is 11.0 Å². The van der Waals surface area contributed by atoms with Crippen molar-refractivity contribution >= 4 is 16.9 Å². The molecule has 0 radical (unpaired) electrons. The molecule has 0 aliphatic carbocycles. The number of phenols is 1. The molecule has 3 N–H and O–H groups in total. The summed E-state index contributed by atoms with van der Waals surface area (Å²) in [6.45, 7) is 1.99. The third-order valence-electron chi connectivity index (χ3n) is 4.98. The fraction of sp³-hybridized carbons (Fsp3) is 0.381. The highest BCUT2D eigenvalue weighted by Crippen LogP contribution is 2.24. The molecule has 0 saturated carbocycles. The highest BCUT2D eigenvalue weighted by Gasteiger charge is 2.22. The number of fused-ring (bicyclic) bond motifs is 1. The summed E-state index contributed by atoms with van der Waals surface area (Å²) in [7, 11) is 4.03. The molecule has 1 heterocycles. The molecule has 0 aliphatic rings. The topological polar surface area (TPSA) is 100 Å². The minimum atomic E-state index is -0.386. The zero-order valence-corrected chi connectivity index (χ0v) is 18.0. The van der Waals surface area contributed by atoms with Crippen molar-refractivity contribution in [1.82, 2.24) is 20.3 Å². The molecule has 1 unspecified atom stereocenters. The number of likely N-dealkylation sites (N-methyl/N-ethyl adjacent to an activating group) is 1. The van der Waals surface area contributed by atoms with Crippen molar-refractivity contribution in [3.8, 4) is 5.75 Å². The monoisotopic (exact) mass is 433 g/mol. The maximum absolute atomic E-state index is 12.6. The molecule has 8 nitrogen and oxygen atoms in total. The molecule has 0 aliphatic heterocycles. The fourth-order valence-electron chi connectivity index (χ4n) is 3.17. The van der Waals surface area contributed by atoms with Gasteiger partial charge in [0.2, 0.25) is 5.91 Å². The molecule has 3 aromatic rings. The van der Waals surface area contributed by atoms with Gasteiger partial charge in [-0.2, -0.15) is 15.0 Å². The van der Waals surface area contributed by atoms with Gasteiger partial charge in [-0.3, -0.25) is 4.79 Å². The lowest BCUT2D eigenvalue weighted by Gasteiger charge is -2.29. The molecule has 9 heteroatoms. The van der Waals surface area contributed by atoms with Crippen LogP contribution in [0.4, 0.5) is 0 Å². The summed E-state index contributed by atoms with van der Waals surface area (Å²) in [5.74, 6) is 0.0628. The summed E-state index contributed by atoms with van der Waals surface area (Å²) in [6.07, 6.45) is 0.180. The van der Waals surface area contributed by atoms with Crippen LogP contribution < -0.4 is 17.7 Å². The van der Waals surface area contributed by atoms with Gasteiger partial charge in [-0.25, -0.2) is 0 Å². The first kappa shape index (κ1) is 23.6. The molecular formula is C21H28ClN5O3. The smallest absolute Gasteiger partial charge is 0.222 e. The van der Waals surface area contributed by atoms with Gasteiger partial charge in [-0.15, -0.1) is 0 Å². The zero-order chi connectivity index (χ0) is 20.9. The van der Waals surface area contributed by atoms with Crippen molar-refractivity contribution in [2.24, 2.45) is 0 Å². The minimum Gasteiger partial charge on any atom is -1.00 e. The van der Waals surface area contributed by atoms with Crippen molar-refractivity contribution in [2.45, 2.75) is 12.5 Å². The number of carbonyl (C=O) groups excluding carboxylic acids is 1. The predicted molar refractivity (Wildman–Crippen MR) is 110 cm³/mol. The number of halogens is 1. The lowest BCUT2D eigenvalue weighted by Crippen LogP contribution is -3.00. The standard InChI is InChI=1S/C21H27N5O3.ClH/c1-26(2,13-14-27)12-11-22-21(29)15-20(16-7-9-17(28)10-8-16)25-23-18-5-3-4-6-19(18)24-25;/h3-10,20,27H,11-15H2,1-2H3,(H-,22,28,29);1H. The fourth-order valence-corrected chi connectivity index (χ4v) is 3.17. The Morgan fingerprint density at radius 1 is 1.07 bits per heavy atom. The quantitative estimate of drug-likeness (QED) is 0.349. The van der Waals surface area contributed by atoms with Gasteiger partial charge >= 0.3 is 0 Å². The molecule has 0 bridgehead atoms. The summed E-state index contributed by atoms with van der Waals surface area (Å²) in [6, 6.07) is 13.9. The van der Waals surface area contributed by atoms with Gasteiger partial charge in [0.15, 0.2) is 0 Å². The molecule has 0 spiro atoms. The van der Waals surface area contributed by atoms with Gasteiger partial charge in [0.1, 0.15) is 29.4 Å². The number of quaternary nitrogens is 1. The molecule has 2 aromatic carbocycles. The highest BCUT2D eigenvalue weighted by molar-refractivity contribution is 5.77. The summed E-state index contributed by atoms with van der Waals surface area (Å²) >= 11 is 0. The van der Waals surface area contributed by atoms with Crippen LogP contribution in [0, 0.1) is 0 Å². The highest BCUT2D eigenvalue weighted by atomic mass is 35.5. The number of carbonyl (C=O) groups is 1. The summed E-state index contributed by atoms with van der Waals surface area (Å²) < 4.78 is 0.629. The second-order valence-electron chi connectivity index (χ2n) is 7.78. The molecule has 162 valence electrons. The Kier molecular flexibility index (Phi) is 8.16. The summed E-state index contributed by atoms with van der Waals surface area (Å²) in [4.78, 5) is 14.2. The van der Waals surface area contributed by atoms with Crippen LogP contribution in [0.15, 0.2) is 48.5 Å². The third kappa shape index (κ3) is 6.16. The lowest BCUT2D eigenvalue weighted by molar-refractivity contribution is -0.889. The van der Waals surface area contributed by atoms with Gasteiger partial charge in [0.05, 0.1) is 40.2 Å². The van der Waals surface area contributed by atoms with Crippen molar-refractivity contribution in [3.05, 3.63) is 54.1 Å². The maximum atomic E-state index is 12.6. The number of amides is 1. The number of rotatable bonds is 9. The second kappa shape index (κ2) is 10.4. The van der Waals surface area contributed by atoms with Crippen LogP contribution in [0.3, 0.4) is 0 Å². The van der Waals surface area contributed by atoms with Gasteiger partial charge in [-0.05, 0) is 29.8 Å². The first-order chi connectivity index (χ1) is 13.9. The van der Waals surface area contributed by atoms with E-state index in [1.165, 1.54) is 0 Å². The first-order valence-electron chi connectivity index (χ1n) is 9.68. The Balaban J connectivity index is 0.00000320. The van der Waals surface area contributed by atoms with Crippen LogP contribution in [0.5, 0.6) is 5.75 Å². The Bertz CT molecular complexity index is 926. The van der Waals surface area contributed by atoms with E-state index in [0.29, 0.717) is 17.6 Å². The van der Waals surface area contributed by atoms with E-state index in [1.54, 1.807) is 29.1 Å². The van der Waals surface area contributed by atoms with E-state index in [9.17, 15) is 9.90 Å². The van der Waals surface area contributed by atoms with Crippen molar-refractivity contribution in [3.63, 3.8) is 0 Å².